The van der Waals surface area contributed by atoms with Crippen LogP contribution in [0, 0.1) is 11.6 Å². The van der Waals surface area contributed by atoms with Gasteiger partial charge in [0, 0.05) is 18.2 Å². The van der Waals surface area contributed by atoms with Crippen molar-refractivity contribution in [3.63, 3.8) is 0 Å². The highest BCUT2D eigenvalue weighted by Crippen LogP contribution is 2.20. The molecule has 0 amide bonds. The van der Waals surface area contributed by atoms with Crippen LogP contribution in [0.15, 0.2) is 59.5 Å². The van der Waals surface area contributed by atoms with Crippen molar-refractivity contribution in [3.05, 3.63) is 71.3 Å². The quantitative estimate of drug-likeness (QED) is 0.586. The Kier molecular flexibility index (Phi) is 6.18. The lowest BCUT2D eigenvalue weighted by molar-refractivity contribution is 0.307. The zero-order chi connectivity index (χ0) is 20.1. The van der Waals surface area contributed by atoms with Crippen molar-refractivity contribution < 1.29 is 21.9 Å². The Labute approximate surface area is 165 Å². The van der Waals surface area contributed by atoms with Gasteiger partial charge in [-0.25, -0.2) is 21.9 Å². The van der Waals surface area contributed by atoms with E-state index in [0.717, 1.165) is 18.2 Å². The van der Waals surface area contributed by atoms with E-state index in [1.807, 2.05) is 0 Å². The average molecular weight is 426 g/mol. The summed E-state index contributed by atoms with van der Waals surface area (Å²) in [6.07, 6.45) is 0. The fraction of sp³-hybridized carbons (Fsp3) is 0.111. The molecule has 10 heteroatoms. The van der Waals surface area contributed by atoms with Gasteiger partial charge in [0.15, 0.2) is 0 Å². The number of nitrogens with zero attached hydrogens (tertiary/aromatic N) is 2. The summed E-state index contributed by atoms with van der Waals surface area (Å²) in [6.45, 7) is -0.0442. The van der Waals surface area contributed by atoms with Crippen LogP contribution in [0.25, 0.3) is 11.3 Å². The van der Waals surface area contributed by atoms with Gasteiger partial charge in [0.05, 0.1) is 15.6 Å². The van der Waals surface area contributed by atoms with E-state index < -0.39 is 15.8 Å². The summed E-state index contributed by atoms with van der Waals surface area (Å²) in [7, 11) is -3.85. The molecule has 3 aromatic rings. The van der Waals surface area contributed by atoms with Gasteiger partial charge in [0.25, 0.3) is 0 Å². The summed E-state index contributed by atoms with van der Waals surface area (Å²) in [5.74, 6) is -0.844. The van der Waals surface area contributed by atoms with Crippen molar-refractivity contribution in [1.82, 2.24) is 14.9 Å². The van der Waals surface area contributed by atoms with Gasteiger partial charge in [-0.3, -0.25) is 0 Å². The van der Waals surface area contributed by atoms with Crippen LogP contribution >= 0.6 is 11.6 Å². The largest absolute Gasteiger partial charge is 0.475 e. The summed E-state index contributed by atoms with van der Waals surface area (Å²) in [5, 5.41) is 7.59. The maximum atomic E-state index is 13.1. The third kappa shape index (κ3) is 5.00. The summed E-state index contributed by atoms with van der Waals surface area (Å²) >= 11 is 5.60. The van der Waals surface area contributed by atoms with Crippen molar-refractivity contribution in [2.75, 3.05) is 13.2 Å². The van der Waals surface area contributed by atoms with Gasteiger partial charge < -0.3 is 4.74 Å². The normalized spacial score (nSPS) is 11.4. The van der Waals surface area contributed by atoms with Crippen LogP contribution in [-0.4, -0.2) is 31.8 Å². The summed E-state index contributed by atoms with van der Waals surface area (Å²) in [4.78, 5) is -0.151. The summed E-state index contributed by atoms with van der Waals surface area (Å²) < 4.78 is 58.0. The predicted molar refractivity (Wildman–Crippen MR) is 99.5 cm³/mol. The topological polar surface area (TPSA) is 81.2 Å². The number of aromatic nitrogens is 2. The number of rotatable bonds is 7. The molecule has 0 atom stereocenters. The third-order valence-electron chi connectivity index (χ3n) is 3.63. The molecule has 2 aromatic carbocycles. The third-order valence-corrected chi connectivity index (χ3v) is 5.37. The first kappa shape index (κ1) is 20.1. The molecule has 0 radical (unpaired) electrons. The number of sulfonamides is 1. The Morgan fingerprint density at radius 2 is 1.75 bits per heavy atom. The molecule has 6 nitrogen and oxygen atoms in total. The van der Waals surface area contributed by atoms with E-state index in [4.69, 9.17) is 16.3 Å². The Bertz CT molecular complexity index is 1060. The zero-order valence-corrected chi connectivity index (χ0v) is 15.8. The molecule has 0 fully saturated rings. The lowest BCUT2D eigenvalue weighted by Crippen LogP contribution is -2.28. The average Bonchev–Trinajstić information content (AvgIpc) is 2.68. The predicted octanol–water partition coefficient (Wildman–Crippen LogP) is 3.43. The molecular weight excluding hydrogens is 412 g/mol. The van der Waals surface area contributed by atoms with Gasteiger partial charge in [-0.2, -0.15) is 0 Å². The molecule has 1 N–H and O–H groups in total. The highest BCUT2D eigenvalue weighted by Gasteiger charge is 2.15. The number of nitrogens with one attached hydrogen (secondary N) is 1. The van der Waals surface area contributed by atoms with E-state index in [0.29, 0.717) is 11.3 Å². The monoisotopic (exact) mass is 425 g/mol. The van der Waals surface area contributed by atoms with Crippen LogP contribution < -0.4 is 9.46 Å². The summed E-state index contributed by atoms with van der Waals surface area (Å²) in [5.41, 5.74) is 1.24. The Hall–Kier alpha value is -2.62. The van der Waals surface area contributed by atoms with Crippen LogP contribution in [0.4, 0.5) is 8.78 Å². The smallest absolute Gasteiger partial charge is 0.240 e. The molecule has 3 rings (SSSR count). The number of hydrogen-bond donors (Lipinski definition) is 1. The number of benzene rings is 2. The molecule has 1 aromatic heterocycles. The van der Waals surface area contributed by atoms with Gasteiger partial charge in [-0.05, 0) is 48.5 Å². The van der Waals surface area contributed by atoms with Crippen molar-refractivity contribution in [3.8, 4) is 17.1 Å². The number of halogens is 3. The van der Waals surface area contributed by atoms with Crippen LogP contribution in [0.5, 0.6) is 5.88 Å². The molecular formula is C18H14ClF2N3O3S. The van der Waals surface area contributed by atoms with E-state index in [9.17, 15) is 17.2 Å². The van der Waals surface area contributed by atoms with Crippen molar-refractivity contribution in [1.29, 1.82) is 0 Å². The standard InChI is InChI=1S/C18H14ClF2N3O3S/c19-15-11-14(5-6-16(15)21)28(25,26)22-9-10-27-18-8-7-17(23-24-18)12-1-3-13(20)4-2-12/h1-8,11,22H,9-10H2. The fourth-order valence-corrected chi connectivity index (χ4v) is 3.51. The fourth-order valence-electron chi connectivity index (χ4n) is 2.23. The summed E-state index contributed by atoms with van der Waals surface area (Å²) in [6, 6.07) is 12.1. The molecule has 0 aliphatic heterocycles. The number of hydrogen-bond acceptors (Lipinski definition) is 5. The minimum Gasteiger partial charge on any atom is -0.475 e. The van der Waals surface area contributed by atoms with Crippen molar-refractivity contribution in [2.45, 2.75) is 4.90 Å². The van der Waals surface area contributed by atoms with Crippen LogP contribution in [0.1, 0.15) is 0 Å². The van der Waals surface area contributed by atoms with Crippen LogP contribution in [-0.2, 0) is 10.0 Å². The second kappa shape index (κ2) is 8.59. The highest BCUT2D eigenvalue weighted by atomic mass is 35.5. The first-order valence-electron chi connectivity index (χ1n) is 8.02. The van der Waals surface area contributed by atoms with E-state index in [2.05, 4.69) is 14.9 Å². The molecule has 0 aliphatic rings. The van der Waals surface area contributed by atoms with Crippen molar-refractivity contribution >= 4 is 21.6 Å². The number of ether oxygens (including phenoxy) is 1. The van der Waals surface area contributed by atoms with E-state index >= 15 is 0 Å². The minimum absolute atomic E-state index is 0.00126. The maximum absolute atomic E-state index is 13.1. The second-order valence-electron chi connectivity index (χ2n) is 5.59. The molecule has 146 valence electrons. The highest BCUT2D eigenvalue weighted by molar-refractivity contribution is 7.89. The van der Waals surface area contributed by atoms with Crippen LogP contribution in [0.2, 0.25) is 5.02 Å². The molecule has 0 unspecified atom stereocenters. The molecule has 0 saturated carbocycles. The van der Waals surface area contributed by atoms with Gasteiger partial charge in [0.2, 0.25) is 15.9 Å². The lowest BCUT2D eigenvalue weighted by Gasteiger charge is -2.08. The van der Waals surface area contributed by atoms with Gasteiger partial charge >= 0.3 is 0 Å². The molecule has 28 heavy (non-hydrogen) atoms. The van der Waals surface area contributed by atoms with Crippen LogP contribution in [0.3, 0.4) is 0 Å². The zero-order valence-electron chi connectivity index (χ0n) is 14.3. The lowest BCUT2D eigenvalue weighted by atomic mass is 10.1. The minimum atomic E-state index is -3.85. The molecule has 0 spiro atoms. The van der Waals surface area contributed by atoms with E-state index in [-0.39, 0.29) is 34.8 Å². The molecule has 0 bridgehead atoms. The molecule has 1 heterocycles. The van der Waals surface area contributed by atoms with E-state index in [1.54, 1.807) is 24.3 Å². The first-order chi connectivity index (χ1) is 13.3. The van der Waals surface area contributed by atoms with Gasteiger partial charge in [-0.15, -0.1) is 10.2 Å². The SMILES string of the molecule is O=S(=O)(NCCOc1ccc(-c2ccc(F)cc2)nn1)c1ccc(F)c(Cl)c1. The van der Waals surface area contributed by atoms with Gasteiger partial charge in [0.1, 0.15) is 18.2 Å². The first-order valence-corrected chi connectivity index (χ1v) is 9.88. The molecule has 0 saturated heterocycles. The van der Waals surface area contributed by atoms with E-state index in [1.165, 1.54) is 12.1 Å². The maximum Gasteiger partial charge on any atom is 0.240 e. The Morgan fingerprint density at radius 3 is 2.39 bits per heavy atom. The van der Waals surface area contributed by atoms with Gasteiger partial charge in [-0.1, -0.05) is 11.6 Å². The second-order valence-corrected chi connectivity index (χ2v) is 7.76. The van der Waals surface area contributed by atoms with Crippen molar-refractivity contribution in [2.24, 2.45) is 0 Å². The Morgan fingerprint density at radius 1 is 1.00 bits per heavy atom. The molecule has 0 aliphatic carbocycles. The Balaban J connectivity index is 1.53.